The van der Waals surface area contributed by atoms with Crippen molar-refractivity contribution in [1.82, 2.24) is 5.32 Å². The fourth-order valence-corrected chi connectivity index (χ4v) is 2.31. The van der Waals surface area contributed by atoms with Gasteiger partial charge in [-0.25, -0.2) is 0 Å². The van der Waals surface area contributed by atoms with E-state index in [0.717, 1.165) is 24.4 Å². The lowest BCUT2D eigenvalue weighted by Crippen LogP contribution is -2.43. The van der Waals surface area contributed by atoms with E-state index in [4.69, 9.17) is 0 Å². The van der Waals surface area contributed by atoms with Crippen molar-refractivity contribution in [2.24, 2.45) is 17.3 Å². The highest BCUT2D eigenvalue weighted by Crippen LogP contribution is 2.29. The summed E-state index contributed by atoms with van der Waals surface area (Å²) in [5, 5.41) is 3.74. The van der Waals surface area contributed by atoms with Crippen LogP contribution >= 0.6 is 0 Å². The third-order valence-electron chi connectivity index (χ3n) is 3.60. The molecule has 14 heavy (non-hydrogen) atoms. The first-order chi connectivity index (χ1) is 6.40. The van der Waals surface area contributed by atoms with Gasteiger partial charge in [0, 0.05) is 12.6 Å². The summed E-state index contributed by atoms with van der Waals surface area (Å²) in [5.74, 6) is 1.76. The molecule has 1 saturated carbocycles. The average molecular weight is 197 g/mol. The van der Waals surface area contributed by atoms with Crippen molar-refractivity contribution < 1.29 is 0 Å². The first-order valence-electron chi connectivity index (χ1n) is 6.13. The molecule has 0 bridgehead atoms. The maximum atomic E-state index is 3.74. The molecule has 0 amide bonds. The van der Waals surface area contributed by atoms with Gasteiger partial charge in [0.2, 0.25) is 0 Å². The van der Waals surface area contributed by atoms with Gasteiger partial charge in [0.1, 0.15) is 0 Å². The lowest BCUT2D eigenvalue weighted by atomic mass is 9.77. The normalized spacial score (nSPS) is 34.5. The van der Waals surface area contributed by atoms with Crippen LogP contribution in [-0.4, -0.2) is 12.6 Å². The van der Waals surface area contributed by atoms with Gasteiger partial charge in [-0.2, -0.15) is 0 Å². The van der Waals surface area contributed by atoms with E-state index < -0.39 is 0 Å². The van der Waals surface area contributed by atoms with Crippen LogP contribution < -0.4 is 5.32 Å². The maximum absolute atomic E-state index is 3.74. The molecule has 0 heterocycles. The minimum Gasteiger partial charge on any atom is -0.313 e. The minimum absolute atomic E-state index is 0.417. The summed E-state index contributed by atoms with van der Waals surface area (Å²) in [4.78, 5) is 0. The summed E-state index contributed by atoms with van der Waals surface area (Å²) in [6.07, 6.45) is 4.21. The molecule has 0 aromatic carbocycles. The van der Waals surface area contributed by atoms with Crippen LogP contribution in [0.2, 0.25) is 0 Å². The van der Waals surface area contributed by atoms with E-state index in [9.17, 15) is 0 Å². The van der Waals surface area contributed by atoms with Gasteiger partial charge in [-0.05, 0) is 23.7 Å². The summed E-state index contributed by atoms with van der Waals surface area (Å²) in [6.45, 7) is 12.9. The first kappa shape index (κ1) is 12.0. The van der Waals surface area contributed by atoms with Gasteiger partial charge in [0.15, 0.2) is 0 Å². The lowest BCUT2D eigenvalue weighted by molar-refractivity contribution is 0.192. The van der Waals surface area contributed by atoms with Crippen molar-refractivity contribution in [2.75, 3.05) is 6.54 Å². The highest BCUT2D eigenvalue weighted by molar-refractivity contribution is 4.83. The second-order valence-corrected chi connectivity index (χ2v) is 6.32. The van der Waals surface area contributed by atoms with Crippen LogP contribution in [0.3, 0.4) is 0 Å². The highest BCUT2D eigenvalue weighted by atomic mass is 14.9. The number of hydrogen-bond acceptors (Lipinski definition) is 1. The zero-order valence-electron chi connectivity index (χ0n) is 10.6. The highest BCUT2D eigenvalue weighted by Gasteiger charge is 2.27. The summed E-state index contributed by atoms with van der Waals surface area (Å²) in [5.41, 5.74) is 0.417. The molecule has 0 aromatic rings. The molecule has 0 radical (unpaired) electrons. The van der Waals surface area contributed by atoms with E-state index in [1.807, 2.05) is 0 Å². The Hall–Kier alpha value is -0.0400. The van der Waals surface area contributed by atoms with Crippen LogP contribution in [0.15, 0.2) is 0 Å². The molecule has 0 unspecified atom stereocenters. The molecular weight excluding hydrogens is 170 g/mol. The topological polar surface area (TPSA) is 12.0 Å². The van der Waals surface area contributed by atoms with Crippen molar-refractivity contribution >= 4 is 0 Å². The van der Waals surface area contributed by atoms with E-state index in [1.165, 1.54) is 19.3 Å². The van der Waals surface area contributed by atoms with E-state index >= 15 is 0 Å². The molecule has 1 fully saturated rings. The number of hydrogen-bond donors (Lipinski definition) is 1. The minimum atomic E-state index is 0.417. The molecule has 84 valence electrons. The fraction of sp³-hybridized carbons (Fsp3) is 1.00. The third-order valence-corrected chi connectivity index (χ3v) is 3.60. The van der Waals surface area contributed by atoms with Crippen LogP contribution in [-0.2, 0) is 0 Å². The summed E-state index contributed by atoms with van der Waals surface area (Å²) < 4.78 is 0. The molecule has 1 N–H and O–H groups in total. The van der Waals surface area contributed by atoms with Gasteiger partial charge in [0.25, 0.3) is 0 Å². The van der Waals surface area contributed by atoms with Crippen LogP contribution in [0.25, 0.3) is 0 Å². The molecular formula is C13H27N. The number of rotatable bonds is 2. The van der Waals surface area contributed by atoms with Gasteiger partial charge in [0.05, 0.1) is 0 Å². The smallest absolute Gasteiger partial charge is 0.00954 e. The van der Waals surface area contributed by atoms with Crippen molar-refractivity contribution in [1.29, 1.82) is 0 Å². The molecule has 1 aliphatic rings. The summed E-state index contributed by atoms with van der Waals surface area (Å²) in [6, 6.07) is 0.762. The van der Waals surface area contributed by atoms with Gasteiger partial charge < -0.3 is 5.32 Å². The largest absolute Gasteiger partial charge is 0.313 e. The molecule has 3 atom stereocenters. The van der Waals surface area contributed by atoms with E-state index in [1.54, 1.807) is 0 Å². The van der Waals surface area contributed by atoms with E-state index in [-0.39, 0.29) is 0 Å². The Balaban J connectivity index is 2.36. The molecule has 1 aliphatic carbocycles. The second kappa shape index (κ2) is 4.65. The number of nitrogens with one attached hydrogen (secondary N) is 1. The molecule has 0 aromatic heterocycles. The summed E-state index contributed by atoms with van der Waals surface area (Å²) >= 11 is 0. The van der Waals surface area contributed by atoms with E-state index in [2.05, 4.69) is 39.9 Å². The third kappa shape index (κ3) is 3.61. The predicted molar refractivity (Wildman–Crippen MR) is 63.4 cm³/mol. The molecule has 0 aliphatic heterocycles. The van der Waals surface area contributed by atoms with Crippen molar-refractivity contribution in [3.8, 4) is 0 Å². The molecule has 1 nitrogen and oxygen atoms in total. The zero-order chi connectivity index (χ0) is 10.8. The summed E-state index contributed by atoms with van der Waals surface area (Å²) in [7, 11) is 0. The second-order valence-electron chi connectivity index (χ2n) is 6.32. The Bertz CT molecular complexity index is 169. The van der Waals surface area contributed by atoms with Crippen LogP contribution in [0.5, 0.6) is 0 Å². The van der Waals surface area contributed by atoms with Gasteiger partial charge in [-0.15, -0.1) is 0 Å². The Kier molecular flexibility index (Phi) is 4.00. The Morgan fingerprint density at radius 2 is 1.79 bits per heavy atom. The van der Waals surface area contributed by atoms with Gasteiger partial charge in [-0.1, -0.05) is 47.5 Å². The molecule has 1 heteroatoms. The van der Waals surface area contributed by atoms with Crippen molar-refractivity contribution in [3.05, 3.63) is 0 Å². The monoisotopic (exact) mass is 197 g/mol. The van der Waals surface area contributed by atoms with Crippen LogP contribution in [0.4, 0.5) is 0 Å². The standard InChI is InChI=1S/C13H27N/c1-10-7-6-8-12(11(10)2)14-9-13(3,4)5/h10-12,14H,6-9H2,1-5H3/t10-,11+,12+/m0/s1. The maximum Gasteiger partial charge on any atom is 0.00954 e. The predicted octanol–water partition coefficient (Wildman–Crippen LogP) is 3.45. The quantitative estimate of drug-likeness (QED) is 0.715. The van der Waals surface area contributed by atoms with Crippen LogP contribution in [0.1, 0.15) is 53.9 Å². The molecule has 1 rings (SSSR count). The first-order valence-corrected chi connectivity index (χ1v) is 6.13. The molecule has 0 saturated heterocycles. The van der Waals surface area contributed by atoms with Crippen molar-refractivity contribution in [3.63, 3.8) is 0 Å². The average Bonchev–Trinajstić information content (AvgIpc) is 2.06. The van der Waals surface area contributed by atoms with Crippen LogP contribution in [0, 0.1) is 17.3 Å². The van der Waals surface area contributed by atoms with E-state index in [0.29, 0.717) is 5.41 Å². The zero-order valence-corrected chi connectivity index (χ0v) is 10.6. The SMILES string of the molecule is C[C@@H]1[C@@H](C)CCC[C@H]1NCC(C)(C)C. The fourth-order valence-electron chi connectivity index (χ4n) is 2.31. The van der Waals surface area contributed by atoms with Crippen molar-refractivity contribution in [2.45, 2.75) is 59.9 Å². The molecule has 0 spiro atoms. The van der Waals surface area contributed by atoms with Gasteiger partial charge in [-0.3, -0.25) is 0 Å². The Labute approximate surface area is 89.7 Å². The van der Waals surface area contributed by atoms with Gasteiger partial charge >= 0.3 is 0 Å². The lowest BCUT2D eigenvalue weighted by Gasteiger charge is -2.36. The Morgan fingerprint density at radius 1 is 1.14 bits per heavy atom. The Morgan fingerprint density at radius 3 is 2.36 bits per heavy atom.